The van der Waals surface area contributed by atoms with Crippen molar-refractivity contribution in [2.45, 2.75) is 32.2 Å². The Morgan fingerprint density at radius 3 is 2.87 bits per heavy atom. The molecule has 10 heteroatoms. The van der Waals surface area contributed by atoms with Crippen LogP contribution in [0, 0.1) is 0 Å². The van der Waals surface area contributed by atoms with Crippen LogP contribution in [0.3, 0.4) is 0 Å². The number of amides is 2. The molecule has 1 saturated heterocycles. The lowest BCUT2D eigenvalue weighted by molar-refractivity contribution is 0.0940. The van der Waals surface area contributed by atoms with E-state index in [0.717, 1.165) is 5.56 Å². The van der Waals surface area contributed by atoms with Gasteiger partial charge in [-0.2, -0.15) is 0 Å². The molecular weight excluding hydrogens is 392 g/mol. The third-order valence-corrected chi connectivity index (χ3v) is 4.92. The maximum absolute atomic E-state index is 12.6. The summed E-state index contributed by atoms with van der Waals surface area (Å²) in [6, 6.07) is 7.20. The van der Waals surface area contributed by atoms with Crippen molar-refractivity contribution in [2.75, 3.05) is 19.7 Å². The number of carbonyl (C=O) groups excluding carboxylic acids is 1. The lowest BCUT2D eigenvalue weighted by Gasteiger charge is -2.30. The van der Waals surface area contributed by atoms with Gasteiger partial charge in [-0.25, -0.2) is 9.78 Å². The zero-order valence-electron chi connectivity index (χ0n) is 16.6. The van der Waals surface area contributed by atoms with Crippen LogP contribution in [0.5, 0.6) is 11.5 Å². The summed E-state index contributed by atoms with van der Waals surface area (Å²) in [5, 5.41) is 21.9. The second-order valence-electron chi connectivity index (χ2n) is 6.94. The Morgan fingerprint density at radius 1 is 1.37 bits per heavy atom. The fraction of sp³-hybridized carbons (Fsp3) is 0.400. The highest BCUT2D eigenvalue weighted by Crippen LogP contribution is 2.25. The van der Waals surface area contributed by atoms with Crippen molar-refractivity contribution >= 4 is 12.0 Å². The molecule has 1 atom stereocenters. The number of H-pyrrole nitrogens is 1. The Balaban J connectivity index is 1.79. The SMILES string of the molecule is CCOc1ccccc1CNC(=O)c1nc(C2CCCN(C(=O)O)C2)[nH]c(=O)c1O. The van der Waals surface area contributed by atoms with Crippen LogP contribution in [0.1, 0.15) is 47.6 Å². The minimum Gasteiger partial charge on any atom is -0.501 e. The average molecular weight is 416 g/mol. The summed E-state index contributed by atoms with van der Waals surface area (Å²) in [5.74, 6) is -1.05. The molecule has 2 amide bonds. The first-order valence-electron chi connectivity index (χ1n) is 9.70. The van der Waals surface area contributed by atoms with E-state index in [0.29, 0.717) is 31.7 Å². The first-order chi connectivity index (χ1) is 14.4. The van der Waals surface area contributed by atoms with E-state index in [4.69, 9.17) is 4.74 Å². The van der Waals surface area contributed by atoms with E-state index in [9.17, 15) is 24.6 Å². The third kappa shape index (κ3) is 4.70. The minimum atomic E-state index is -1.05. The van der Waals surface area contributed by atoms with E-state index < -0.39 is 29.0 Å². The highest BCUT2D eigenvalue weighted by atomic mass is 16.5. The standard InChI is InChI=1S/C20H24N4O6/c1-2-30-14-8-4-3-6-12(14)10-21-18(26)15-16(25)19(27)23-17(22-15)13-7-5-9-24(11-13)20(28)29/h3-4,6,8,13,25H,2,5,7,9-11H2,1H3,(H,21,26)(H,28,29)(H,22,23,27). The lowest BCUT2D eigenvalue weighted by atomic mass is 9.97. The first kappa shape index (κ1) is 21.2. The fourth-order valence-corrected chi connectivity index (χ4v) is 3.42. The summed E-state index contributed by atoms with van der Waals surface area (Å²) < 4.78 is 5.52. The molecule has 30 heavy (non-hydrogen) atoms. The zero-order chi connectivity index (χ0) is 21.7. The molecule has 0 spiro atoms. The van der Waals surface area contributed by atoms with Gasteiger partial charge < -0.3 is 30.2 Å². The van der Waals surface area contributed by atoms with Crippen molar-refractivity contribution < 1.29 is 24.5 Å². The summed E-state index contributed by atoms with van der Waals surface area (Å²) in [5.41, 5.74) is -0.496. The Morgan fingerprint density at radius 2 is 2.13 bits per heavy atom. The second-order valence-corrected chi connectivity index (χ2v) is 6.94. The van der Waals surface area contributed by atoms with Gasteiger partial charge >= 0.3 is 6.09 Å². The van der Waals surface area contributed by atoms with Crippen LogP contribution in [0.15, 0.2) is 29.1 Å². The summed E-state index contributed by atoms with van der Waals surface area (Å²) in [4.78, 5) is 43.9. The van der Waals surface area contributed by atoms with E-state index in [-0.39, 0.29) is 24.8 Å². The third-order valence-electron chi connectivity index (χ3n) is 4.92. The number of hydrogen-bond acceptors (Lipinski definition) is 6. The number of hydrogen-bond donors (Lipinski definition) is 4. The topological polar surface area (TPSA) is 145 Å². The van der Waals surface area contributed by atoms with Crippen LogP contribution < -0.4 is 15.6 Å². The van der Waals surface area contributed by atoms with Gasteiger partial charge in [-0.05, 0) is 25.8 Å². The molecule has 0 radical (unpaired) electrons. The normalized spacial score (nSPS) is 16.2. The van der Waals surface area contributed by atoms with Gasteiger partial charge in [0.05, 0.1) is 6.61 Å². The molecular formula is C20H24N4O6. The molecule has 0 bridgehead atoms. The number of ether oxygens (including phenoxy) is 1. The van der Waals surface area contributed by atoms with Crippen LogP contribution in [-0.2, 0) is 6.54 Å². The van der Waals surface area contributed by atoms with Gasteiger partial charge in [0.15, 0.2) is 5.69 Å². The smallest absolute Gasteiger partial charge is 0.407 e. The Hall–Kier alpha value is -3.56. The monoisotopic (exact) mass is 416 g/mol. The van der Waals surface area contributed by atoms with Gasteiger partial charge in [0.1, 0.15) is 11.6 Å². The average Bonchev–Trinajstić information content (AvgIpc) is 2.75. The fourth-order valence-electron chi connectivity index (χ4n) is 3.42. The number of aromatic hydroxyl groups is 1. The molecule has 3 rings (SSSR count). The number of aromatic amines is 1. The summed E-state index contributed by atoms with van der Waals surface area (Å²) in [7, 11) is 0. The van der Waals surface area contributed by atoms with E-state index >= 15 is 0 Å². The molecule has 1 unspecified atom stereocenters. The Labute approximate surface area is 172 Å². The first-order valence-corrected chi connectivity index (χ1v) is 9.70. The van der Waals surface area contributed by atoms with Crippen molar-refractivity contribution in [1.29, 1.82) is 0 Å². The number of likely N-dealkylation sites (tertiary alicyclic amines) is 1. The molecule has 160 valence electrons. The zero-order valence-corrected chi connectivity index (χ0v) is 16.6. The van der Waals surface area contributed by atoms with Crippen molar-refractivity contribution in [1.82, 2.24) is 20.2 Å². The van der Waals surface area contributed by atoms with E-state index in [1.165, 1.54) is 4.90 Å². The molecule has 1 aromatic carbocycles. The number of carboxylic acid groups (broad SMARTS) is 1. The van der Waals surface area contributed by atoms with Gasteiger partial charge in [0.25, 0.3) is 11.5 Å². The van der Waals surface area contributed by atoms with Crippen LogP contribution in [-0.4, -0.2) is 56.8 Å². The minimum absolute atomic E-state index is 0.120. The molecule has 0 saturated carbocycles. The molecule has 0 aliphatic carbocycles. The van der Waals surface area contributed by atoms with Gasteiger partial charge in [0, 0.05) is 31.1 Å². The molecule has 1 aliphatic rings. The van der Waals surface area contributed by atoms with Crippen LogP contribution >= 0.6 is 0 Å². The summed E-state index contributed by atoms with van der Waals surface area (Å²) in [6.07, 6.45) is 0.171. The summed E-state index contributed by atoms with van der Waals surface area (Å²) >= 11 is 0. The number of carbonyl (C=O) groups is 2. The molecule has 1 aromatic heterocycles. The predicted octanol–water partition coefficient (Wildman–Crippen LogP) is 1.66. The van der Waals surface area contributed by atoms with E-state index in [2.05, 4.69) is 15.3 Å². The largest absolute Gasteiger partial charge is 0.501 e. The number of aromatic nitrogens is 2. The maximum atomic E-state index is 12.6. The van der Waals surface area contributed by atoms with Gasteiger partial charge in [0.2, 0.25) is 5.75 Å². The second kappa shape index (κ2) is 9.29. The number of benzene rings is 1. The Bertz CT molecular complexity index is 990. The number of para-hydroxylation sites is 1. The quantitative estimate of drug-likeness (QED) is 0.560. The molecule has 2 heterocycles. The van der Waals surface area contributed by atoms with E-state index in [1.807, 2.05) is 19.1 Å². The predicted molar refractivity (Wildman–Crippen MR) is 107 cm³/mol. The van der Waals surface area contributed by atoms with Gasteiger partial charge in [-0.3, -0.25) is 9.59 Å². The van der Waals surface area contributed by atoms with Gasteiger partial charge in [-0.15, -0.1) is 0 Å². The maximum Gasteiger partial charge on any atom is 0.407 e. The van der Waals surface area contributed by atoms with Gasteiger partial charge in [-0.1, -0.05) is 18.2 Å². The van der Waals surface area contributed by atoms with Crippen molar-refractivity contribution in [2.24, 2.45) is 0 Å². The molecule has 1 fully saturated rings. The highest BCUT2D eigenvalue weighted by Gasteiger charge is 2.28. The van der Waals surface area contributed by atoms with Crippen molar-refractivity contribution in [3.63, 3.8) is 0 Å². The lowest BCUT2D eigenvalue weighted by Crippen LogP contribution is -2.39. The number of nitrogens with one attached hydrogen (secondary N) is 2. The van der Waals surface area contributed by atoms with Crippen LogP contribution in [0.2, 0.25) is 0 Å². The molecule has 10 nitrogen and oxygen atoms in total. The number of nitrogens with zero attached hydrogens (tertiary/aromatic N) is 2. The summed E-state index contributed by atoms with van der Waals surface area (Å²) in [6.45, 7) is 3.01. The van der Waals surface area contributed by atoms with Crippen molar-refractivity contribution in [3.8, 4) is 11.5 Å². The highest BCUT2D eigenvalue weighted by molar-refractivity contribution is 5.94. The Kier molecular flexibility index (Phi) is 6.55. The molecule has 2 aromatic rings. The number of rotatable bonds is 6. The van der Waals surface area contributed by atoms with Crippen molar-refractivity contribution in [3.05, 3.63) is 51.7 Å². The molecule has 4 N–H and O–H groups in total. The van der Waals surface area contributed by atoms with E-state index in [1.54, 1.807) is 12.1 Å². The molecule has 1 aliphatic heterocycles. The number of piperidine rings is 1. The van der Waals surface area contributed by atoms with Crippen LogP contribution in [0.4, 0.5) is 4.79 Å². The van der Waals surface area contributed by atoms with Crippen LogP contribution in [0.25, 0.3) is 0 Å².